The minimum absolute atomic E-state index is 0.761. The summed E-state index contributed by atoms with van der Waals surface area (Å²) in [4.78, 5) is 4.80. The van der Waals surface area contributed by atoms with Gasteiger partial charge in [-0.05, 0) is 54.7 Å². The number of halogens is 1. The van der Waals surface area contributed by atoms with Crippen LogP contribution in [0.4, 0.5) is 0 Å². The average Bonchev–Trinajstić information content (AvgIpc) is 2.54. The first-order valence-electron chi connectivity index (χ1n) is 7.85. The maximum atomic E-state index is 6.25. The van der Waals surface area contributed by atoms with Crippen LogP contribution < -0.4 is 0 Å². The number of fused-ring (bicyclic) bond motifs is 1. The Morgan fingerprint density at radius 2 is 1.82 bits per heavy atom. The molecule has 0 N–H and O–H groups in total. The Labute approximate surface area is 137 Å². The zero-order valence-corrected chi connectivity index (χ0v) is 13.8. The van der Waals surface area contributed by atoms with Gasteiger partial charge in [0.25, 0.3) is 0 Å². The second-order valence-corrected chi connectivity index (χ2v) is 6.12. The minimum Gasteiger partial charge on any atom is -0.253 e. The van der Waals surface area contributed by atoms with Gasteiger partial charge in [0.2, 0.25) is 0 Å². The van der Waals surface area contributed by atoms with Gasteiger partial charge in [0.05, 0.1) is 5.52 Å². The number of benzene rings is 2. The van der Waals surface area contributed by atoms with Crippen molar-refractivity contribution in [2.45, 2.75) is 33.1 Å². The number of nitrogens with zero attached hydrogens (tertiary/aromatic N) is 1. The number of aryl methyl sites for hydroxylation is 1. The van der Waals surface area contributed by atoms with Gasteiger partial charge in [-0.25, -0.2) is 0 Å². The maximum Gasteiger partial charge on any atom is 0.0712 e. The SMILES string of the molecule is CCCCc1c(C)nc2ccc(Cl)cc2c1-c1ccccc1. The fourth-order valence-corrected chi connectivity index (χ4v) is 3.16. The predicted molar refractivity (Wildman–Crippen MR) is 95.5 cm³/mol. The standard InChI is InChI=1S/C20H20ClN/c1-3-4-10-17-14(2)22-19-12-11-16(21)13-18(19)20(17)15-8-6-5-7-9-15/h5-9,11-13H,3-4,10H2,1-2H3. The number of unbranched alkanes of at least 4 members (excludes halogenated alkanes) is 1. The Kier molecular flexibility index (Phi) is 4.44. The summed E-state index contributed by atoms with van der Waals surface area (Å²) >= 11 is 6.25. The molecule has 112 valence electrons. The molecule has 0 radical (unpaired) electrons. The molecule has 0 amide bonds. The van der Waals surface area contributed by atoms with Gasteiger partial charge in [-0.15, -0.1) is 0 Å². The van der Waals surface area contributed by atoms with E-state index in [1.165, 1.54) is 29.5 Å². The topological polar surface area (TPSA) is 12.9 Å². The van der Waals surface area contributed by atoms with E-state index in [9.17, 15) is 0 Å². The van der Waals surface area contributed by atoms with Crippen molar-refractivity contribution in [1.82, 2.24) is 4.98 Å². The third kappa shape index (κ3) is 2.86. The highest BCUT2D eigenvalue weighted by Crippen LogP contribution is 2.35. The van der Waals surface area contributed by atoms with Crippen LogP contribution in [-0.2, 0) is 6.42 Å². The second-order valence-electron chi connectivity index (χ2n) is 5.68. The molecule has 1 aromatic heterocycles. The van der Waals surface area contributed by atoms with E-state index in [1.54, 1.807) is 0 Å². The molecular weight excluding hydrogens is 290 g/mol. The smallest absolute Gasteiger partial charge is 0.0712 e. The normalized spacial score (nSPS) is 11.0. The van der Waals surface area contributed by atoms with Crippen molar-refractivity contribution in [1.29, 1.82) is 0 Å². The highest BCUT2D eigenvalue weighted by Gasteiger charge is 2.14. The van der Waals surface area contributed by atoms with E-state index in [2.05, 4.69) is 44.2 Å². The molecule has 3 aromatic rings. The molecule has 0 saturated carbocycles. The van der Waals surface area contributed by atoms with E-state index in [0.717, 1.165) is 28.0 Å². The van der Waals surface area contributed by atoms with Gasteiger partial charge in [-0.2, -0.15) is 0 Å². The van der Waals surface area contributed by atoms with Crippen LogP contribution in [0.15, 0.2) is 48.5 Å². The molecule has 0 saturated heterocycles. The third-order valence-electron chi connectivity index (χ3n) is 4.10. The first kappa shape index (κ1) is 15.1. The van der Waals surface area contributed by atoms with Crippen LogP contribution in [0.1, 0.15) is 31.0 Å². The summed E-state index contributed by atoms with van der Waals surface area (Å²) in [7, 11) is 0. The highest BCUT2D eigenvalue weighted by atomic mass is 35.5. The molecule has 0 fully saturated rings. The number of pyridine rings is 1. The lowest BCUT2D eigenvalue weighted by molar-refractivity contribution is 0.789. The van der Waals surface area contributed by atoms with Crippen molar-refractivity contribution in [3.63, 3.8) is 0 Å². The Morgan fingerprint density at radius 1 is 1.05 bits per heavy atom. The summed E-state index contributed by atoms with van der Waals surface area (Å²) in [6, 6.07) is 16.5. The lowest BCUT2D eigenvalue weighted by atomic mass is 9.92. The quantitative estimate of drug-likeness (QED) is 0.558. The molecule has 0 spiro atoms. The third-order valence-corrected chi connectivity index (χ3v) is 4.33. The van der Waals surface area contributed by atoms with Gasteiger partial charge in [0.1, 0.15) is 0 Å². The van der Waals surface area contributed by atoms with Crippen molar-refractivity contribution in [2.24, 2.45) is 0 Å². The molecule has 0 aliphatic carbocycles. The van der Waals surface area contributed by atoms with Crippen LogP contribution in [0.2, 0.25) is 5.02 Å². The monoisotopic (exact) mass is 309 g/mol. The molecule has 0 unspecified atom stereocenters. The first-order chi connectivity index (χ1) is 10.7. The molecule has 22 heavy (non-hydrogen) atoms. The molecule has 1 nitrogen and oxygen atoms in total. The van der Waals surface area contributed by atoms with Gasteiger partial charge in [-0.1, -0.05) is 55.3 Å². The number of rotatable bonds is 4. The molecule has 1 heterocycles. The Bertz CT molecular complexity index is 794. The Hall–Kier alpha value is -1.86. The molecule has 0 aliphatic heterocycles. The first-order valence-corrected chi connectivity index (χ1v) is 8.22. The molecule has 0 atom stereocenters. The number of hydrogen-bond donors (Lipinski definition) is 0. The average molecular weight is 310 g/mol. The van der Waals surface area contributed by atoms with Crippen LogP contribution in [0, 0.1) is 6.92 Å². The summed E-state index contributed by atoms with van der Waals surface area (Å²) in [5, 5.41) is 1.91. The zero-order chi connectivity index (χ0) is 15.5. The van der Waals surface area contributed by atoms with Crippen molar-refractivity contribution in [2.75, 3.05) is 0 Å². The zero-order valence-electron chi connectivity index (χ0n) is 13.1. The van der Waals surface area contributed by atoms with E-state index >= 15 is 0 Å². The van der Waals surface area contributed by atoms with Crippen molar-refractivity contribution < 1.29 is 0 Å². The summed E-state index contributed by atoms with van der Waals surface area (Å²) in [5.74, 6) is 0. The van der Waals surface area contributed by atoms with E-state index in [0.29, 0.717) is 0 Å². The molecule has 2 aromatic carbocycles. The van der Waals surface area contributed by atoms with Crippen LogP contribution >= 0.6 is 11.6 Å². The van der Waals surface area contributed by atoms with E-state index in [-0.39, 0.29) is 0 Å². The van der Waals surface area contributed by atoms with Crippen LogP contribution in [0.5, 0.6) is 0 Å². The molecule has 2 heteroatoms. The highest BCUT2D eigenvalue weighted by molar-refractivity contribution is 6.31. The van der Waals surface area contributed by atoms with Gasteiger partial charge < -0.3 is 0 Å². The van der Waals surface area contributed by atoms with E-state index in [4.69, 9.17) is 16.6 Å². The summed E-state index contributed by atoms with van der Waals surface area (Å²) in [6.07, 6.45) is 3.41. The summed E-state index contributed by atoms with van der Waals surface area (Å²) < 4.78 is 0. The maximum absolute atomic E-state index is 6.25. The molecule has 3 rings (SSSR count). The summed E-state index contributed by atoms with van der Waals surface area (Å²) in [5.41, 5.74) is 6.02. The fourth-order valence-electron chi connectivity index (χ4n) is 2.99. The van der Waals surface area contributed by atoms with Crippen molar-refractivity contribution in [3.05, 3.63) is 64.8 Å². The number of aromatic nitrogens is 1. The lowest BCUT2D eigenvalue weighted by Gasteiger charge is -2.16. The van der Waals surface area contributed by atoms with Gasteiger partial charge in [-0.3, -0.25) is 4.98 Å². The minimum atomic E-state index is 0.761. The van der Waals surface area contributed by atoms with Crippen LogP contribution in [0.25, 0.3) is 22.0 Å². The predicted octanol–water partition coefficient (Wildman–Crippen LogP) is 6.21. The fraction of sp³-hybridized carbons (Fsp3) is 0.250. The number of hydrogen-bond acceptors (Lipinski definition) is 1. The van der Waals surface area contributed by atoms with E-state index < -0.39 is 0 Å². The van der Waals surface area contributed by atoms with Gasteiger partial charge in [0, 0.05) is 16.1 Å². The molecular formula is C20H20ClN. The van der Waals surface area contributed by atoms with E-state index in [1.807, 2.05) is 18.2 Å². The Morgan fingerprint density at radius 3 is 2.55 bits per heavy atom. The molecule has 0 bridgehead atoms. The lowest BCUT2D eigenvalue weighted by Crippen LogP contribution is -1.99. The largest absolute Gasteiger partial charge is 0.253 e. The van der Waals surface area contributed by atoms with Crippen LogP contribution in [0.3, 0.4) is 0 Å². The van der Waals surface area contributed by atoms with Gasteiger partial charge >= 0.3 is 0 Å². The molecule has 0 aliphatic rings. The van der Waals surface area contributed by atoms with Crippen molar-refractivity contribution >= 4 is 22.5 Å². The second kappa shape index (κ2) is 6.50. The summed E-state index contributed by atoms with van der Waals surface area (Å²) in [6.45, 7) is 4.34. The van der Waals surface area contributed by atoms with Crippen molar-refractivity contribution in [3.8, 4) is 11.1 Å². The van der Waals surface area contributed by atoms with Gasteiger partial charge in [0.15, 0.2) is 0 Å². The Balaban J connectivity index is 2.34. The van der Waals surface area contributed by atoms with Crippen LogP contribution in [-0.4, -0.2) is 4.98 Å².